The summed E-state index contributed by atoms with van der Waals surface area (Å²) in [6.45, 7) is 0.910. The fourth-order valence-corrected chi connectivity index (χ4v) is 2.44. The predicted molar refractivity (Wildman–Crippen MR) is 73.4 cm³/mol. The van der Waals surface area contributed by atoms with Crippen LogP contribution in [-0.4, -0.2) is 28.1 Å². The van der Waals surface area contributed by atoms with Gasteiger partial charge in [-0.1, -0.05) is 0 Å². The number of phenols is 1. The summed E-state index contributed by atoms with van der Waals surface area (Å²) >= 11 is 3.30. The second-order valence-corrected chi connectivity index (χ2v) is 5.03. The molecular weight excluding hydrogens is 314 g/mol. The van der Waals surface area contributed by atoms with Gasteiger partial charge in [0.2, 0.25) is 0 Å². The van der Waals surface area contributed by atoms with E-state index in [0.29, 0.717) is 46.1 Å². The molecule has 0 spiro atoms. The molecule has 1 aromatic heterocycles. The van der Waals surface area contributed by atoms with Crippen molar-refractivity contribution >= 4 is 21.7 Å². The van der Waals surface area contributed by atoms with Crippen LogP contribution in [0.25, 0.3) is 11.1 Å². The van der Waals surface area contributed by atoms with E-state index < -0.39 is 0 Å². The fourth-order valence-electron chi connectivity index (χ4n) is 2.03. The number of fused-ring (bicyclic) bond motifs is 1. The van der Waals surface area contributed by atoms with Crippen molar-refractivity contribution < 1.29 is 14.6 Å². The van der Waals surface area contributed by atoms with Gasteiger partial charge in [0.15, 0.2) is 11.5 Å². The van der Waals surface area contributed by atoms with Crippen LogP contribution in [0.1, 0.15) is 0 Å². The summed E-state index contributed by atoms with van der Waals surface area (Å²) in [6, 6.07) is 1.68. The number of halogens is 1. The summed E-state index contributed by atoms with van der Waals surface area (Å²) in [5.41, 5.74) is 7.07. The number of aromatic hydroxyl groups is 1. The van der Waals surface area contributed by atoms with Gasteiger partial charge in [0.25, 0.3) is 0 Å². The molecule has 0 bridgehead atoms. The minimum atomic E-state index is 0.0592. The van der Waals surface area contributed by atoms with E-state index in [1.807, 2.05) is 0 Å². The van der Waals surface area contributed by atoms with E-state index in [1.165, 1.54) is 4.68 Å². The second kappa shape index (κ2) is 4.34. The van der Waals surface area contributed by atoms with E-state index in [1.54, 1.807) is 19.3 Å². The number of rotatable bonds is 1. The number of ether oxygens (including phenoxy) is 2. The Labute approximate surface area is 117 Å². The number of aryl methyl sites for hydroxylation is 1. The molecule has 2 heterocycles. The van der Waals surface area contributed by atoms with Gasteiger partial charge in [-0.25, -0.2) is 0 Å². The number of anilines is 1. The summed E-state index contributed by atoms with van der Waals surface area (Å²) in [5, 5.41) is 14.3. The van der Waals surface area contributed by atoms with Crippen molar-refractivity contribution in [2.75, 3.05) is 18.9 Å². The van der Waals surface area contributed by atoms with Crippen LogP contribution in [0.5, 0.6) is 17.2 Å². The van der Waals surface area contributed by atoms with Gasteiger partial charge >= 0.3 is 0 Å². The number of aromatic nitrogens is 2. The third-order valence-electron chi connectivity index (χ3n) is 3.01. The van der Waals surface area contributed by atoms with Crippen molar-refractivity contribution in [2.45, 2.75) is 0 Å². The van der Waals surface area contributed by atoms with Crippen molar-refractivity contribution in [2.24, 2.45) is 7.05 Å². The topological polar surface area (TPSA) is 82.5 Å². The van der Waals surface area contributed by atoms with E-state index in [9.17, 15) is 5.11 Å². The summed E-state index contributed by atoms with van der Waals surface area (Å²) in [4.78, 5) is 0. The van der Waals surface area contributed by atoms with Crippen molar-refractivity contribution in [3.05, 3.63) is 16.7 Å². The molecule has 0 radical (unpaired) electrons. The second-order valence-electron chi connectivity index (χ2n) is 4.17. The van der Waals surface area contributed by atoms with Crippen LogP contribution in [0.3, 0.4) is 0 Å². The van der Waals surface area contributed by atoms with Crippen LogP contribution < -0.4 is 15.2 Å². The van der Waals surface area contributed by atoms with Gasteiger partial charge in [-0.15, -0.1) is 0 Å². The average Bonchev–Trinajstić information content (AvgIpc) is 2.72. The molecule has 6 nitrogen and oxygen atoms in total. The summed E-state index contributed by atoms with van der Waals surface area (Å²) < 4.78 is 13.2. The van der Waals surface area contributed by atoms with Gasteiger partial charge in [-0.05, 0) is 15.9 Å². The Kier molecular flexibility index (Phi) is 2.78. The Morgan fingerprint density at radius 1 is 1.42 bits per heavy atom. The number of phenolic OH excluding ortho intramolecular Hbond substituents is 1. The van der Waals surface area contributed by atoms with Gasteiger partial charge in [0, 0.05) is 13.1 Å². The number of nitrogens with zero attached hydrogens (tertiary/aromatic N) is 2. The summed E-state index contributed by atoms with van der Waals surface area (Å²) in [6.07, 6.45) is 1.59. The maximum atomic E-state index is 10.3. The lowest BCUT2D eigenvalue weighted by Crippen LogP contribution is -2.16. The molecule has 0 saturated heterocycles. The first-order valence-corrected chi connectivity index (χ1v) is 6.47. The molecule has 100 valence electrons. The lowest BCUT2D eigenvalue weighted by atomic mass is 10.0. The van der Waals surface area contributed by atoms with Crippen molar-refractivity contribution in [3.63, 3.8) is 0 Å². The van der Waals surface area contributed by atoms with E-state index in [0.717, 1.165) is 0 Å². The third-order valence-corrected chi connectivity index (χ3v) is 3.62. The maximum absolute atomic E-state index is 10.3. The Balaban J connectivity index is 2.30. The number of nitrogens with two attached hydrogens (primary N) is 1. The maximum Gasteiger partial charge on any atom is 0.173 e. The molecule has 3 N–H and O–H groups in total. The number of hydrogen-bond donors (Lipinski definition) is 2. The molecule has 0 aliphatic carbocycles. The molecule has 1 aliphatic heterocycles. The van der Waals surface area contributed by atoms with Gasteiger partial charge < -0.3 is 20.3 Å². The largest absolute Gasteiger partial charge is 0.506 e. The first-order valence-electron chi connectivity index (χ1n) is 5.68. The molecule has 7 heteroatoms. The molecule has 0 fully saturated rings. The van der Waals surface area contributed by atoms with E-state index >= 15 is 0 Å². The molecule has 1 aromatic carbocycles. The Bertz CT molecular complexity index is 654. The molecule has 0 unspecified atom stereocenters. The van der Waals surface area contributed by atoms with E-state index in [4.69, 9.17) is 15.2 Å². The highest BCUT2D eigenvalue weighted by molar-refractivity contribution is 9.10. The number of nitrogen functional groups attached to an aromatic ring is 1. The predicted octanol–water partition coefficient (Wildman–Crippen LogP) is 1.91. The molecule has 0 saturated carbocycles. The van der Waals surface area contributed by atoms with Gasteiger partial charge in [-0.2, -0.15) is 5.10 Å². The fraction of sp³-hybridized carbons (Fsp3) is 0.250. The lowest BCUT2D eigenvalue weighted by molar-refractivity contribution is 0.171. The lowest BCUT2D eigenvalue weighted by Gasteiger charge is -2.22. The van der Waals surface area contributed by atoms with Crippen LogP contribution in [0.2, 0.25) is 0 Å². The first kappa shape index (κ1) is 12.2. The van der Waals surface area contributed by atoms with Crippen LogP contribution >= 0.6 is 15.9 Å². The Hall–Kier alpha value is -1.89. The van der Waals surface area contributed by atoms with Crippen LogP contribution in [0, 0.1) is 0 Å². The zero-order valence-electron chi connectivity index (χ0n) is 10.2. The summed E-state index contributed by atoms with van der Waals surface area (Å²) in [7, 11) is 1.73. The number of benzene rings is 1. The van der Waals surface area contributed by atoms with E-state index in [2.05, 4.69) is 21.0 Å². The highest BCUT2D eigenvalue weighted by Crippen LogP contribution is 2.50. The minimum absolute atomic E-state index is 0.0592. The Morgan fingerprint density at radius 2 is 2.16 bits per heavy atom. The number of hydrogen-bond acceptors (Lipinski definition) is 5. The zero-order valence-corrected chi connectivity index (χ0v) is 11.8. The van der Waals surface area contributed by atoms with Gasteiger partial charge in [-0.3, -0.25) is 4.68 Å². The molecule has 1 aliphatic rings. The molecule has 2 aromatic rings. The van der Waals surface area contributed by atoms with E-state index in [-0.39, 0.29) is 5.75 Å². The smallest absolute Gasteiger partial charge is 0.173 e. The highest BCUT2D eigenvalue weighted by atomic mass is 79.9. The Morgan fingerprint density at radius 3 is 2.84 bits per heavy atom. The zero-order chi connectivity index (χ0) is 13.6. The monoisotopic (exact) mass is 325 g/mol. The normalized spacial score (nSPS) is 13.6. The van der Waals surface area contributed by atoms with Crippen molar-refractivity contribution in [3.8, 4) is 28.4 Å². The molecule has 3 rings (SSSR count). The van der Waals surface area contributed by atoms with Crippen LogP contribution in [0.4, 0.5) is 5.82 Å². The SMILES string of the molecule is Cn1ncc(-c2c(O)c(Br)cc3c2OCCO3)c1N. The minimum Gasteiger partial charge on any atom is -0.506 e. The quantitative estimate of drug-likeness (QED) is 0.836. The van der Waals surface area contributed by atoms with Crippen LogP contribution in [0.15, 0.2) is 16.7 Å². The third kappa shape index (κ3) is 1.81. The van der Waals surface area contributed by atoms with Gasteiger partial charge in [0.1, 0.15) is 24.8 Å². The molecule has 19 heavy (non-hydrogen) atoms. The van der Waals surface area contributed by atoms with Crippen molar-refractivity contribution in [1.82, 2.24) is 9.78 Å². The molecular formula is C12H12BrN3O3. The summed E-state index contributed by atoms with van der Waals surface area (Å²) in [5.74, 6) is 1.58. The standard InChI is InChI=1S/C12H12BrN3O3/c1-16-12(14)6(5-15-16)9-10(17)7(13)4-8-11(9)19-3-2-18-8/h4-5,17H,2-3,14H2,1H3. The van der Waals surface area contributed by atoms with Crippen LogP contribution in [-0.2, 0) is 7.05 Å². The highest BCUT2D eigenvalue weighted by Gasteiger charge is 2.25. The molecule has 0 amide bonds. The van der Waals surface area contributed by atoms with Crippen molar-refractivity contribution in [1.29, 1.82) is 0 Å². The van der Waals surface area contributed by atoms with Gasteiger partial charge in [0.05, 0.1) is 21.8 Å². The molecule has 0 atom stereocenters. The first-order chi connectivity index (χ1) is 9.09. The average molecular weight is 326 g/mol.